The second kappa shape index (κ2) is 12.2. The van der Waals surface area contributed by atoms with Crippen LogP contribution in [0.4, 0.5) is 0 Å². The molecule has 0 aromatic heterocycles. The lowest BCUT2D eigenvalue weighted by molar-refractivity contribution is 0.0260. The molecule has 0 saturated carbocycles. The van der Waals surface area contributed by atoms with Crippen molar-refractivity contribution in [3.05, 3.63) is 59.1 Å². The zero-order valence-electron chi connectivity index (χ0n) is 18.2. The average Bonchev–Trinajstić information content (AvgIpc) is 2.78. The number of dihydropyridines is 1. The molecule has 1 unspecified atom stereocenters. The Morgan fingerprint density at radius 1 is 1.30 bits per heavy atom. The quantitative estimate of drug-likeness (QED) is 0.382. The normalized spacial score (nSPS) is 19.7. The molecule has 1 aromatic carbocycles. The number of rotatable bonds is 11. The molecular weight excluding hydrogens is 378 g/mol. The summed E-state index contributed by atoms with van der Waals surface area (Å²) in [7, 11) is 0. The van der Waals surface area contributed by atoms with Gasteiger partial charge in [-0.15, -0.1) is 0 Å². The first kappa shape index (κ1) is 22.2. The van der Waals surface area contributed by atoms with E-state index in [-0.39, 0.29) is 6.17 Å². The second-order valence-electron chi connectivity index (χ2n) is 7.47. The van der Waals surface area contributed by atoms with Crippen LogP contribution in [0.3, 0.4) is 0 Å². The number of ether oxygens (including phenoxy) is 2. The number of nitrogens with one attached hydrogen (secondary N) is 3. The van der Waals surface area contributed by atoms with Gasteiger partial charge in [-0.2, -0.15) is 5.10 Å². The van der Waals surface area contributed by atoms with E-state index in [1.54, 1.807) is 0 Å². The van der Waals surface area contributed by atoms with Crippen molar-refractivity contribution in [1.29, 1.82) is 0 Å². The van der Waals surface area contributed by atoms with Crippen molar-refractivity contribution in [3.8, 4) is 0 Å². The molecule has 2 heterocycles. The van der Waals surface area contributed by atoms with E-state index >= 15 is 0 Å². The van der Waals surface area contributed by atoms with E-state index in [2.05, 4.69) is 70.2 Å². The van der Waals surface area contributed by atoms with Gasteiger partial charge in [0, 0.05) is 38.0 Å². The third kappa shape index (κ3) is 7.39. The highest BCUT2D eigenvalue weighted by atomic mass is 16.5. The molecule has 7 heteroatoms. The fourth-order valence-electron chi connectivity index (χ4n) is 3.33. The van der Waals surface area contributed by atoms with Crippen LogP contribution in [0.5, 0.6) is 0 Å². The van der Waals surface area contributed by atoms with E-state index in [1.165, 1.54) is 5.56 Å². The van der Waals surface area contributed by atoms with Crippen LogP contribution in [0.25, 0.3) is 0 Å². The summed E-state index contributed by atoms with van der Waals surface area (Å²) < 4.78 is 11.4. The Morgan fingerprint density at radius 3 is 2.97 bits per heavy atom. The first-order valence-electron chi connectivity index (χ1n) is 11.0. The van der Waals surface area contributed by atoms with Crippen molar-refractivity contribution in [2.24, 2.45) is 5.10 Å². The van der Waals surface area contributed by atoms with Gasteiger partial charge in [0.2, 0.25) is 0 Å². The maximum Gasteiger partial charge on any atom is 0.190 e. The maximum atomic E-state index is 6.02. The fourth-order valence-corrected chi connectivity index (χ4v) is 3.33. The third-order valence-electron chi connectivity index (χ3n) is 5.07. The van der Waals surface area contributed by atoms with Crippen LogP contribution in [-0.2, 0) is 15.9 Å². The molecule has 1 fully saturated rings. The summed E-state index contributed by atoms with van der Waals surface area (Å²) in [6.07, 6.45) is 7.90. The minimum absolute atomic E-state index is 0.140. The van der Waals surface area contributed by atoms with Crippen LogP contribution >= 0.6 is 0 Å². The molecular formula is C23H35N5O2. The predicted molar refractivity (Wildman–Crippen MR) is 121 cm³/mol. The molecule has 0 aliphatic carbocycles. The van der Waals surface area contributed by atoms with Crippen molar-refractivity contribution in [1.82, 2.24) is 21.0 Å². The van der Waals surface area contributed by atoms with Crippen LogP contribution in [0.15, 0.2) is 53.1 Å². The van der Waals surface area contributed by atoms with Gasteiger partial charge >= 0.3 is 0 Å². The van der Waals surface area contributed by atoms with Crippen molar-refractivity contribution < 1.29 is 9.47 Å². The van der Waals surface area contributed by atoms with E-state index < -0.39 is 0 Å². The minimum Gasteiger partial charge on any atom is -0.478 e. The molecule has 164 valence electrons. The number of morpholine rings is 1. The molecule has 1 saturated heterocycles. The van der Waals surface area contributed by atoms with E-state index in [4.69, 9.17) is 9.47 Å². The molecule has 2 aliphatic heterocycles. The van der Waals surface area contributed by atoms with E-state index in [9.17, 15) is 0 Å². The zero-order chi connectivity index (χ0) is 21.0. The van der Waals surface area contributed by atoms with Gasteiger partial charge in [-0.05, 0) is 30.0 Å². The van der Waals surface area contributed by atoms with Gasteiger partial charge in [0.15, 0.2) is 5.88 Å². The topological polar surface area (TPSA) is 70.2 Å². The highest BCUT2D eigenvalue weighted by Gasteiger charge is 2.15. The van der Waals surface area contributed by atoms with Gasteiger partial charge in [0.05, 0.1) is 19.4 Å². The Hall–Kier alpha value is -2.51. The van der Waals surface area contributed by atoms with Crippen molar-refractivity contribution >= 4 is 6.21 Å². The molecule has 3 N–H and O–H groups in total. The summed E-state index contributed by atoms with van der Waals surface area (Å²) in [6, 6.07) is 8.41. The summed E-state index contributed by atoms with van der Waals surface area (Å²) >= 11 is 0. The van der Waals surface area contributed by atoms with Gasteiger partial charge in [-0.1, -0.05) is 38.1 Å². The largest absolute Gasteiger partial charge is 0.478 e. The average molecular weight is 414 g/mol. The van der Waals surface area contributed by atoms with Crippen LogP contribution in [0.1, 0.15) is 31.4 Å². The lowest BCUT2D eigenvalue weighted by atomic mass is 10.1. The van der Waals surface area contributed by atoms with E-state index in [1.807, 2.05) is 12.3 Å². The number of hydrogen-bond donors (Lipinski definition) is 3. The summed E-state index contributed by atoms with van der Waals surface area (Å²) in [5, 5.41) is 11.2. The lowest BCUT2D eigenvalue weighted by Crippen LogP contribution is -2.42. The van der Waals surface area contributed by atoms with Crippen molar-refractivity contribution in [2.45, 2.75) is 32.9 Å². The van der Waals surface area contributed by atoms with Gasteiger partial charge in [-0.25, -0.2) is 0 Å². The Labute approximate surface area is 180 Å². The number of allylic oxidation sites excluding steroid dienone is 1. The molecule has 0 amide bonds. The first-order chi connectivity index (χ1) is 14.8. The van der Waals surface area contributed by atoms with Crippen LogP contribution in [0, 0.1) is 0 Å². The van der Waals surface area contributed by atoms with Crippen LogP contribution < -0.4 is 16.1 Å². The Kier molecular flexibility index (Phi) is 9.05. The number of hydrogen-bond acceptors (Lipinski definition) is 7. The monoisotopic (exact) mass is 413 g/mol. The summed E-state index contributed by atoms with van der Waals surface area (Å²) in [5.74, 6) is 0.755. The van der Waals surface area contributed by atoms with E-state index in [0.717, 1.165) is 69.4 Å². The number of hydrazone groups is 1. The van der Waals surface area contributed by atoms with Crippen molar-refractivity contribution in [3.63, 3.8) is 0 Å². The molecule has 1 atom stereocenters. The molecule has 0 radical (unpaired) electrons. The second-order valence-corrected chi connectivity index (χ2v) is 7.47. The van der Waals surface area contributed by atoms with Crippen molar-refractivity contribution in [2.75, 3.05) is 46.0 Å². The summed E-state index contributed by atoms with van der Waals surface area (Å²) in [6.45, 7) is 10.3. The highest BCUT2D eigenvalue weighted by Crippen LogP contribution is 2.09. The van der Waals surface area contributed by atoms with Gasteiger partial charge in [0.1, 0.15) is 12.8 Å². The molecule has 1 aromatic rings. The number of benzene rings is 1. The van der Waals surface area contributed by atoms with E-state index in [0.29, 0.717) is 6.61 Å². The predicted octanol–water partition coefficient (Wildman–Crippen LogP) is 2.18. The maximum absolute atomic E-state index is 6.02. The van der Waals surface area contributed by atoms with Gasteiger partial charge in [0.25, 0.3) is 0 Å². The molecule has 7 nitrogen and oxygen atoms in total. The smallest absolute Gasteiger partial charge is 0.190 e. The SMILES string of the molecule is CCCNC1=CC(N/N=C/c2cccc(CC)c2)NC(OCCN2CCOCC2)=C1. The van der Waals surface area contributed by atoms with Crippen LogP contribution in [0.2, 0.25) is 0 Å². The molecule has 3 rings (SSSR count). The lowest BCUT2D eigenvalue weighted by Gasteiger charge is -2.28. The molecule has 0 bridgehead atoms. The Bertz CT molecular complexity index is 741. The van der Waals surface area contributed by atoms with Gasteiger partial charge in [-0.3, -0.25) is 10.3 Å². The number of aryl methyl sites for hydroxylation is 1. The van der Waals surface area contributed by atoms with Crippen LogP contribution in [-0.4, -0.2) is 63.3 Å². The highest BCUT2D eigenvalue weighted by molar-refractivity contribution is 5.79. The summed E-state index contributed by atoms with van der Waals surface area (Å²) in [5.41, 5.74) is 6.61. The minimum atomic E-state index is -0.140. The third-order valence-corrected chi connectivity index (χ3v) is 5.07. The zero-order valence-corrected chi connectivity index (χ0v) is 18.2. The first-order valence-corrected chi connectivity index (χ1v) is 11.0. The summed E-state index contributed by atoms with van der Waals surface area (Å²) in [4.78, 5) is 2.36. The molecule has 0 spiro atoms. The standard InChI is InChI=1S/C23H35N5O2/c1-3-8-24-21-16-22(27-25-18-20-7-5-6-19(4-2)15-20)26-23(17-21)30-14-11-28-9-12-29-13-10-28/h5-7,15-18,22,24,26-27H,3-4,8-14H2,1-2H3/b25-18+. The van der Waals surface area contributed by atoms with Gasteiger partial charge < -0.3 is 20.1 Å². The molecule has 30 heavy (non-hydrogen) atoms. The molecule has 2 aliphatic rings. The fraction of sp³-hybridized carbons (Fsp3) is 0.522. The Balaban J connectivity index is 1.53. The Morgan fingerprint density at radius 2 is 2.17 bits per heavy atom. The number of nitrogens with zero attached hydrogens (tertiary/aromatic N) is 2.